The molecule has 3 rings (SSSR count). The van der Waals surface area contributed by atoms with Crippen molar-refractivity contribution in [1.82, 2.24) is 20.9 Å². The van der Waals surface area contributed by atoms with Crippen LogP contribution >= 0.6 is 0 Å². The first-order chi connectivity index (χ1) is 16.9. The van der Waals surface area contributed by atoms with Gasteiger partial charge < -0.3 is 20.7 Å². The fourth-order valence-corrected chi connectivity index (χ4v) is 4.20. The molecular weight excluding hydrogens is 456 g/mol. The van der Waals surface area contributed by atoms with E-state index in [1.807, 2.05) is 71.0 Å². The number of amides is 3. The van der Waals surface area contributed by atoms with Crippen molar-refractivity contribution in [2.24, 2.45) is 17.8 Å². The molecule has 0 aromatic heterocycles. The van der Waals surface area contributed by atoms with Crippen molar-refractivity contribution in [3.8, 4) is 5.75 Å². The van der Waals surface area contributed by atoms with E-state index in [1.165, 1.54) is 0 Å². The molecule has 8 heteroatoms. The van der Waals surface area contributed by atoms with Crippen molar-refractivity contribution >= 4 is 23.8 Å². The van der Waals surface area contributed by atoms with Crippen LogP contribution in [0.4, 0.5) is 0 Å². The number of nitrogens with one attached hydrogen (secondary N) is 3. The molecular formula is C28H44N4O4. The lowest BCUT2D eigenvalue weighted by molar-refractivity contribution is -0.136. The van der Waals surface area contributed by atoms with Crippen molar-refractivity contribution < 1.29 is 19.1 Å². The summed E-state index contributed by atoms with van der Waals surface area (Å²) in [4.78, 5) is 42.1. The number of carbonyl (C=O) groups is 3. The van der Waals surface area contributed by atoms with Gasteiger partial charge in [0.1, 0.15) is 23.9 Å². The van der Waals surface area contributed by atoms with Crippen molar-refractivity contribution in [2.45, 2.75) is 78.6 Å². The van der Waals surface area contributed by atoms with Crippen LogP contribution < -0.4 is 20.7 Å². The number of fused-ring (bicyclic) bond motifs is 10. The van der Waals surface area contributed by atoms with Crippen LogP contribution in [0.3, 0.4) is 0 Å². The van der Waals surface area contributed by atoms with E-state index in [2.05, 4.69) is 29.8 Å². The first-order valence-corrected chi connectivity index (χ1v) is 12.9. The van der Waals surface area contributed by atoms with Gasteiger partial charge in [-0.05, 0) is 62.0 Å². The second-order valence-electron chi connectivity index (χ2n) is 10.7. The van der Waals surface area contributed by atoms with Crippen LogP contribution in [0.25, 0.3) is 6.08 Å². The summed E-state index contributed by atoms with van der Waals surface area (Å²) in [7, 11) is 3.71. The molecule has 2 aliphatic heterocycles. The van der Waals surface area contributed by atoms with E-state index >= 15 is 0 Å². The predicted octanol–water partition coefficient (Wildman–Crippen LogP) is 3.18. The topological polar surface area (TPSA) is 99.8 Å². The summed E-state index contributed by atoms with van der Waals surface area (Å²) in [5, 5.41) is 8.70. The van der Waals surface area contributed by atoms with Gasteiger partial charge in [-0.1, -0.05) is 60.1 Å². The van der Waals surface area contributed by atoms with Gasteiger partial charge in [-0.3, -0.25) is 19.3 Å². The van der Waals surface area contributed by atoms with E-state index in [1.54, 1.807) is 12.3 Å². The Morgan fingerprint density at radius 2 is 1.69 bits per heavy atom. The average Bonchev–Trinajstić information content (AvgIpc) is 2.82. The third-order valence-corrected chi connectivity index (χ3v) is 6.63. The largest absolute Gasteiger partial charge is 0.487 e. The molecule has 2 bridgehead atoms. The molecule has 5 atom stereocenters. The van der Waals surface area contributed by atoms with E-state index < -0.39 is 30.1 Å². The molecule has 0 unspecified atom stereocenters. The zero-order valence-corrected chi connectivity index (χ0v) is 23.0. The number of hydrogen-bond donors (Lipinski definition) is 3. The maximum absolute atomic E-state index is 13.8. The second-order valence-corrected chi connectivity index (χ2v) is 10.7. The number of benzene rings is 1. The monoisotopic (exact) mass is 500 g/mol. The van der Waals surface area contributed by atoms with Gasteiger partial charge in [-0.2, -0.15) is 0 Å². The minimum atomic E-state index is -0.996. The van der Waals surface area contributed by atoms with Gasteiger partial charge >= 0.3 is 0 Å². The van der Waals surface area contributed by atoms with E-state index in [0.717, 1.165) is 5.56 Å². The van der Waals surface area contributed by atoms with Crippen LogP contribution in [-0.4, -0.2) is 60.9 Å². The van der Waals surface area contributed by atoms with Gasteiger partial charge in [0.15, 0.2) is 0 Å². The SMILES string of the molecule is CC[C@@H](C)[C@@H]1NC(=O)[C@@H](NC(=O)[C@H](CC(C)C)N(C)C)[C@H](C(C)C)Oc2ccc(cc2)C=CNC1=O. The number of nitrogens with zero attached hydrogens (tertiary/aromatic N) is 1. The number of hydrogen-bond acceptors (Lipinski definition) is 5. The van der Waals surface area contributed by atoms with E-state index in [9.17, 15) is 14.4 Å². The van der Waals surface area contributed by atoms with Crippen molar-refractivity contribution in [3.63, 3.8) is 0 Å². The Balaban J connectivity index is 2.52. The Kier molecular flexibility index (Phi) is 11.0. The molecule has 0 spiro atoms. The fourth-order valence-electron chi connectivity index (χ4n) is 4.20. The van der Waals surface area contributed by atoms with E-state index in [4.69, 9.17) is 4.74 Å². The number of ether oxygens (including phenoxy) is 1. The maximum Gasteiger partial charge on any atom is 0.247 e. The Bertz CT molecular complexity index is 911. The highest BCUT2D eigenvalue weighted by Gasteiger charge is 2.38. The zero-order valence-electron chi connectivity index (χ0n) is 23.0. The molecule has 0 saturated carbocycles. The Morgan fingerprint density at radius 1 is 1.06 bits per heavy atom. The molecule has 3 N–H and O–H groups in total. The summed E-state index contributed by atoms with van der Waals surface area (Å²) in [5.41, 5.74) is 0.900. The lowest BCUT2D eigenvalue weighted by Gasteiger charge is -2.34. The van der Waals surface area contributed by atoms with Crippen LogP contribution in [0.2, 0.25) is 0 Å². The average molecular weight is 501 g/mol. The smallest absolute Gasteiger partial charge is 0.247 e. The number of rotatable bonds is 8. The normalized spacial score (nSPS) is 22.6. The van der Waals surface area contributed by atoms with Crippen LogP contribution in [0.5, 0.6) is 5.75 Å². The van der Waals surface area contributed by atoms with Crippen molar-refractivity contribution in [2.75, 3.05) is 14.1 Å². The molecule has 1 aromatic rings. The predicted molar refractivity (Wildman–Crippen MR) is 143 cm³/mol. The first kappa shape index (κ1) is 29.4. The van der Waals surface area contributed by atoms with Gasteiger partial charge in [-0.15, -0.1) is 0 Å². The van der Waals surface area contributed by atoms with Gasteiger partial charge in [0.05, 0.1) is 6.04 Å². The summed E-state index contributed by atoms with van der Waals surface area (Å²) in [5.74, 6) is -0.312. The molecule has 0 saturated heterocycles. The van der Waals surface area contributed by atoms with E-state index in [-0.39, 0.29) is 23.7 Å². The Labute approximate surface area is 216 Å². The molecule has 36 heavy (non-hydrogen) atoms. The van der Waals surface area contributed by atoms with Gasteiger partial charge in [0.25, 0.3) is 0 Å². The van der Waals surface area contributed by atoms with Crippen LogP contribution in [0.1, 0.15) is 59.9 Å². The Hall–Kier alpha value is -2.87. The third-order valence-electron chi connectivity index (χ3n) is 6.63. The minimum Gasteiger partial charge on any atom is -0.487 e. The van der Waals surface area contributed by atoms with Crippen LogP contribution in [0.15, 0.2) is 30.5 Å². The molecule has 2 aliphatic rings. The zero-order chi connectivity index (χ0) is 27.0. The lowest BCUT2D eigenvalue weighted by Crippen LogP contribution is -2.62. The van der Waals surface area contributed by atoms with Crippen LogP contribution in [-0.2, 0) is 14.4 Å². The molecule has 200 valence electrons. The standard InChI is InChI=1S/C28H44N4O4/c1-9-19(6)23-27(34)29-15-14-20-10-12-21(13-11-20)36-25(18(4)5)24(28(35)30-23)31-26(33)22(32(7)8)16-17(2)3/h10-15,17-19,22-25H,9,16H2,1-8H3,(H,29,34)(H,30,35)(H,31,33)/t19-,22+,23+,24+,25+/m1/s1. The highest BCUT2D eigenvalue weighted by Crippen LogP contribution is 2.21. The lowest BCUT2D eigenvalue weighted by atomic mass is 9.94. The van der Waals surface area contributed by atoms with E-state index in [0.29, 0.717) is 24.5 Å². The van der Waals surface area contributed by atoms with Gasteiger partial charge in [0.2, 0.25) is 17.7 Å². The summed E-state index contributed by atoms with van der Waals surface area (Å²) in [6.45, 7) is 11.9. The van der Waals surface area contributed by atoms with Crippen LogP contribution in [0, 0.1) is 17.8 Å². The highest BCUT2D eigenvalue weighted by atomic mass is 16.5. The van der Waals surface area contributed by atoms with Crippen molar-refractivity contribution in [3.05, 3.63) is 36.0 Å². The second kappa shape index (κ2) is 13.4. The summed E-state index contributed by atoms with van der Waals surface area (Å²) in [6.07, 6.45) is 4.06. The molecule has 8 nitrogen and oxygen atoms in total. The molecule has 3 amide bonds. The third kappa shape index (κ3) is 8.08. The van der Waals surface area contributed by atoms with Gasteiger partial charge in [0, 0.05) is 6.20 Å². The maximum atomic E-state index is 13.8. The first-order valence-electron chi connectivity index (χ1n) is 12.9. The Morgan fingerprint density at radius 3 is 2.22 bits per heavy atom. The minimum absolute atomic E-state index is 0.104. The molecule has 0 fully saturated rings. The molecule has 1 aromatic carbocycles. The number of likely N-dealkylation sites (N-methyl/N-ethyl adjacent to an activating group) is 1. The van der Waals surface area contributed by atoms with Crippen molar-refractivity contribution in [1.29, 1.82) is 0 Å². The quantitative estimate of drug-likeness (QED) is 0.509. The molecule has 0 aliphatic carbocycles. The van der Waals surface area contributed by atoms with Gasteiger partial charge in [-0.25, -0.2) is 0 Å². The summed E-state index contributed by atoms with van der Waals surface area (Å²) >= 11 is 0. The highest BCUT2D eigenvalue weighted by molar-refractivity contribution is 5.94. The summed E-state index contributed by atoms with van der Waals surface area (Å²) < 4.78 is 6.31. The molecule has 2 heterocycles. The number of carbonyl (C=O) groups excluding carboxylic acids is 3. The fraction of sp³-hybridized carbons (Fsp3) is 0.607. The molecule has 0 radical (unpaired) electrons. The summed E-state index contributed by atoms with van der Waals surface area (Å²) in [6, 6.07) is 5.24.